The molecule has 1 aliphatic heterocycles. The van der Waals surface area contributed by atoms with Gasteiger partial charge in [-0.3, -0.25) is 14.9 Å². The first-order valence-electron chi connectivity index (χ1n) is 8.51. The molecule has 0 radical (unpaired) electrons. The number of imide groups is 1. The van der Waals surface area contributed by atoms with E-state index in [4.69, 9.17) is 0 Å². The highest BCUT2D eigenvalue weighted by Gasteiger charge is 2.26. The Balaban J connectivity index is 1.80. The van der Waals surface area contributed by atoms with Crippen LogP contribution in [0.5, 0.6) is 0 Å². The summed E-state index contributed by atoms with van der Waals surface area (Å²) < 4.78 is 14.9. The van der Waals surface area contributed by atoms with Crippen molar-refractivity contribution in [3.63, 3.8) is 0 Å². The number of pyridine rings is 1. The molecule has 8 heteroatoms. The summed E-state index contributed by atoms with van der Waals surface area (Å²) in [6.07, 6.45) is 3.22. The van der Waals surface area contributed by atoms with Crippen molar-refractivity contribution >= 4 is 29.5 Å². The Kier molecular flexibility index (Phi) is 4.23. The van der Waals surface area contributed by atoms with Crippen LogP contribution in [0.15, 0.2) is 53.8 Å². The number of nitrogens with one attached hydrogen (secondary N) is 1. The average molecular weight is 378 g/mol. The van der Waals surface area contributed by atoms with Gasteiger partial charge < -0.3 is 4.40 Å². The van der Waals surface area contributed by atoms with Crippen molar-refractivity contribution in [3.8, 4) is 0 Å². The molecule has 1 fully saturated rings. The van der Waals surface area contributed by atoms with Crippen LogP contribution in [0.25, 0.3) is 5.52 Å². The van der Waals surface area contributed by atoms with Gasteiger partial charge >= 0.3 is 6.03 Å². The van der Waals surface area contributed by atoms with Crippen molar-refractivity contribution < 1.29 is 18.8 Å². The van der Waals surface area contributed by atoms with E-state index < -0.39 is 17.8 Å². The van der Waals surface area contributed by atoms with Crippen molar-refractivity contribution in [2.45, 2.75) is 6.92 Å². The highest BCUT2D eigenvalue weighted by molar-refractivity contribution is 6.12. The van der Waals surface area contributed by atoms with Gasteiger partial charge in [-0.25, -0.2) is 14.2 Å². The molecule has 0 unspecified atom stereocenters. The SMILES string of the molecule is Cc1c(/C=N\N2CC(=O)NC2=O)c2ccccn2c1C(=O)c1ccc(F)cc1. The lowest BCUT2D eigenvalue weighted by Crippen LogP contribution is -2.24. The lowest BCUT2D eigenvalue weighted by molar-refractivity contribution is -0.118. The van der Waals surface area contributed by atoms with E-state index in [1.807, 2.05) is 12.1 Å². The van der Waals surface area contributed by atoms with E-state index in [2.05, 4.69) is 10.4 Å². The third-order valence-corrected chi connectivity index (χ3v) is 4.56. The number of carbonyl (C=O) groups excluding carboxylic acids is 3. The lowest BCUT2D eigenvalue weighted by Gasteiger charge is -2.04. The average Bonchev–Trinajstić information content (AvgIpc) is 3.15. The number of hydrogen-bond acceptors (Lipinski definition) is 4. The standard InChI is InChI=1S/C20H15FN4O3/c1-12-15(10-22-25-11-17(26)23-20(25)28)16-4-2-3-9-24(16)18(12)19(27)13-5-7-14(21)8-6-13/h2-10H,11H2,1H3,(H,23,26,28)/b22-10-. The molecule has 0 saturated carbocycles. The maximum Gasteiger partial charge on any atom is 0.344 e. The van der Waals surface area contributed by atoms with Crippen LogP contribution < -0.4 is 5.32 Å². The maximum absolute atomic E-state index is 13.2. The fourth-order valence-electron chi connectivity index (χ4n) is 3.19. The third-order valence-electron chi connectivity index (χ3n) is 4.56. The third kappa shape index (κ3) is 2.94. The van der Waals surface area contributed by atoms with Crippen molar-refractivity contribution in [1.29, 1.82) is 0 Å². The molecule has 1 saturated heterocycles. The molecule has 0 atom stereocenters. The number of nitrogens with zero attached hydrogens (tertiary/aromatic N) is 3. The molecular weight excluding hydrogens is 363 g/mol. The monoisotopic (exact) mass is 378 g/mol. The molecule has 1 aliphatic rings. The van der Waals surface area contributed by atoms with E-state index in [-0.39, 0.29) is 12.3 Å². The number of halogens is 1. The van der Waals surface area contributed by atoms with Gasteiger partial charge in [-0.05, 0) is 48.9 Å². The summed E-state index contributed by atoms with van der Waals surface area (Å²) in [5.41, 5.74) is 2.82. The number of carbonyl (C=O) groups is 3. The number of amides is 3. The second kappa shape index (κ2) is 6.73. The van der Waals surface area contributed by atoms with Crippen molar-refractivity contribution in [2.24, 2.45) is 5.10 Å². The molecule has 7 nitrogen and oxygen atoms in total. The van der Waals surface area contributed by atoms with E-state index >= 15 is 0 Å². The van der Waals surface area contributed by atoms with Crippen molar-refractivity contribution in [2.75, 3.05) is 6.54 Å². The Morgan fingerprint density at radius 1 is 1.18 bits per heavy atom. The van der Waals surface area contributed by atoms with Gasteiger partial charge in [0.05, 0.1) is 17.4 Å². The van der Waals surface area contributed by atoms with E-state index in [0.717, 1.165) is 10.5 Å². The molecule has 1 N–H and O–H groups in total. The van der Waals surface area contributed by atoms with Gasteiger partial charge in [0, 0.05) is 17.3 Å². The zero-order chi connectivity index (χ0) is 19.8. The van der Waals surface area contributed by atoms with Gasteiger partial charge in [0.2, 0.25) is 11.7 Å². The molecule has 3 heterocycles. The maximum atomic E-state index is 13.2. The minimum atomic E-state index is -0.593. The summed E-state index contributed by atoms with van der Waals surface area (Å²) in [4.78, 5) is 36.0. The van der Waals surface area contributed by atoms with Crippen LogP contribution in [-0.2, 0) is 4.79 Å². The molecule has 140 valence electrons. The summed E-state index contributed by atoms with van der Waals surface area (Å²) in [6, 6.07) is 10.2. The molecule has 0 aliphatic carbocycles. The summed E-state index contributed by atoms with van der Waals surface area (Å²) in [5.74, 6) is -1.10. The topological polar surface area (TPSA) is 83.2 Å². The first-order valence-corrected chi connectivity index (χ1v) is 8.51. The highest BCUT2D eigenvalue weighted by atomic mass is 19.1. The lowest BCUT2D eigenvalue weighted by atomic mass is 10.0. The summed E-state index contributed by atoms with van der Waals surface area (Å²) in [5, 5.41) is 7.27. The number of hydrogen-bond donors (Lipinski definition) is 1. The number of rotatable bonds is 4. The fraction of sp³-hybridized carbons (Fsp3) is 0.100. The van der Waals surface area contributed by atoms with Gasteiger partial charge in [-0.1, -0.05) is 6.07 Å². The summed E-state index contributed by atoms with van der Waals surface area (Å²) in [6.45, 7) is 1.63. The number of benzene rings is 1. The largest absolute Gasteiger partial charge is 0.344 e. The predicted molar refractivity (Wildman–Crippen MR) is 99.8 cm³/mol. The summed E-state index contributed by atoms with van der Waals surface area (Å²) in [7, 11) is 0. The van der Waals surface area contributed by atoms with Crippen LogP contribution in [0.3, 0.4) is 0 Å². The van der Waals surface area contributed by atoms with Crippen LogP contribution >= 0.6 is 0 Å². The molecule has 0 bridgehead atoms. The second-order valence-corrected chi connectivity index (χ2v) is 6.33. The van der Waals surface area contributed by atoms with E-state index in [9.17, 15) is 18.8 Å². The first kappa shape index (κ1) is 17.6. The predicted octanol–water partition coefficient (Wildman–Crippen LogP) is 2.50. The van der Waals surface area contributed by atoms with E-state index in [1.165, 1.54) is 30.5 Å². The number of aromatic nitrogens is 1. The minimum Gasteiger partial charge on any atom is -0.313 e. The zero-order valence-corrected chi connectivity index (χ0v) is 14.8. The van der Waals surface area contributed by atoms with Crippen LogP contribution in [-0.4, -0.2) is 39.9 Å². The number of urea groups is 1. The Bertz CT molecular complexity index is 1150. The molecule has 4 rings (SSSR count). The number of fused-ring (bicyclic) bond motifs is 1. The summed E-state index contributed by atoms with van der Waals surface area (Å²) >= 11 is 0. The van der Waals surface area contributed by atoms with Gasteiger partial charge in [-0.2, -0.15) is 5.10 Å². The Morgan fingerprint density at radius 3 is 2.61 bits per heavy atom. The molecule has 1 aromatic carbocycles. The molecule has 3 aromatic rings. The van der Waals surface area contributed by atoms with Crippen LogP contribution in [0.1, 0.15) is 27.2 Å². The minimum absolute atomic E-state index is 0.151. The highest BCUT2D eigenvalue weighted by Crippen LogP contribution is 2.24. The van der Waals surface area contributed by atoms with E-state index in [0.29, 0.717) is 22.4 Å². The molecule has 2 aromatic heterocycles. The second-order valence-electron chi connectivity index (χ2n) is 6.33. The van der Waals surface area contributed by atoms with Gasteiger partial charge in [0.1, 0.15) is 12.4 Å². The molecular formula is C20H15FN4O3. The molecule has 3 amide bonds. The Hall–Kier alpha value is -3.81. The van der Waals surface area contributed by atoms with Gasteiger partial charge in [0.15, 0.2) is 0 Å². The number of ketones is 1. The van der Waals surface area contributed by atoms with Gasteiger partial charge in [0.25, 0.3) is 0 Å². The molecule has 28 heavy (non-hydrogen) atoms. The normalized spacial score (nSPS) is 14.3. The van der Waals surface area contributed by atoms with Crippen LogP contribution in [0, 0.1) is 12.7 Å². The number of hydrazone groups is 1. The van der Waals surface area contributed by atoms with Crippen molar-refractivity contribution in [3.05, 3.63) is 76.9 Å². The van der Waals surface area contributed by atoms with Crippen molar-refractivity contribution in [1.82, 2.24) is 14.7 Å². The Labute approximate surface area is 159 Å². The smallest absolute Gasteiger partial charge is 0.313 e. The van der Waals surface area contributed by atoms with Crippen LogP contribution in [0.4, 0.5) is 9.18 Å². The Morgan fingerprint density at radius 2 is 1.93 bits per heavy atom. The molecule has 0 spiro atoms. The zero-order valence-electron chi connectivity index (χ0n) is 14.8. The fourth-order valence-corrected chi connectivity index (χ4v) is 3.19. The quantitative estimate of drug-likeness (QED) is 0.430. The van der Waals surface area contributed by atoms with Crippen LogP contribution in [0.2, 0.25) is 0 Å². The van der Waals surface area contributed by atoms with Gasteiger partial charge in [-0.15, -0.1) is 0 Å². The first-order chi connectivity index (χ1) is 13.5. The van der Waals surface area contributed by atoms with E-state index in [1.54, 1.807) is 23.6 Å².